The Morgan fingerprint density at radius 3 is 2.46 bits per heavy atom. The van der Waals surface area contributed by atoms with Crippen LogP contribution in [-0.4, -0.2) is 63.5 Å². The van der Waals surface area contributed by atoms with Crippen molar-refractivity contribution >= 4 is 17.8 Å². The fourth-order valence-corrected chi connectivity index (χ4v) is 2.52. The fraction of sp³-hybridized carbons (Fsp3) is 0.350. The van der Waals surface area contributed by atoms with Gasteiger partial charge in [0.2, 0.25) is 0 Å². The number of nitrogens with one attached hydrogen (secondary N) is 3. The van der Waals surface area contributed by atoms with E-state index in [1.165, 1.54) is 6.26 Å². The Balaban J connectivity index is 1.70. The smallest absolute Gasteiger partial charge is 0.287 e. The molecule has 2 amide bonds. The van der Waals surface area contributed by atoms with E-state index in [1.807, 2.05) is 24.3 Å². The summed E-state index contributed by atoms with van der Waals surface area (Å²) in [5.74, 6) is 0.677. The standard InChI is InChI=1S/C20H27N5O3/c1-21-20(24-12-11-22-18(26)17-8-5-13-28-17)23-10-9-15-6-4-7-16(14-15)19(27)25(2)3/h4-8,13-14H,9-12H2,1-3H3,(H,22,26)(H2,21,23,24). The van der Waals surface area contributed by atoms with Crippen molar-refractivity contribution in [1.82, 2.24) is 20.9 Å². The maximum Gasteiger partial charge on any atom is 0.287 e. The van der Waals surface area contributed by atoms with Gasteiger partial charge in [0.25, 0.3) is 11.8 Å². The van der Waals surface area contributed by atoms with Crippen molar-refractivity contribution in [2.24, 2.45) is 4.99 Å². The second-order valence-electron chi connectivity index (χ2n) is 6.31. The molecular weight excluding hydrogens is 358 g/mol. The molecule has 0 saturated heterocycles. The number of aliphatic imine (C=N–C) groups is 1. The predicted molar refractivity (Wildman–Crippen MR) is 109 cm³/mol. The van der Waals surface area contributed by atoms with Crippen LogP contribution in [-0.2, 0) is 6.42 Å². The highest BCUT2D eigenvalue weighted by atomic mass is 16.3. The lowest BCUT2D eigenvalue weighted by Crippen LogP contribution is -2.42. The van der Waals surface area contributed by atoms with Gasteiger partial charge in [0.05, 0.1) is 6.26 Å². The van der Waals surface area contributed by atoms with Gasteiger partial charge < -0.3 is 25.3 Å². The van der Waals surface area contributed by atoms with Gasteiger partial charge in [-0.15, -0.1) is 0 Å². The Bertz CT molecular complexity index is 800. The van der Waals surface area contributed by atoms with Gasteiger partial charge in [-0.1, -0.05) is 12.1 Å². The lowest BCUT2D eigenvalue weighted by molar-refractivity contribution is 0.0827. The zero-order valence-electron chi connectivity index (χ0n) is 16.5. The van der Waals surface area contributed by atoms with Gasteiger partial charge in [0.1, 0.15) is 0 Å². The Hall–Kier alpha value is -3.29. The number of benzene rings is 1. The fourth-order valence-electron chi connectivity index (χ4n) is 2.52. The summed E-state index contributed by atoms with van der Waals surface area (Å²) in [6.45, 7) is 1.63. The minimum atomic E-state index is -0.248. The van der Waals surface area contributed by atoms with Gasteiger partial charge >= 0.3 is 0 Å². The number of hydrogen-bond acceptors (Lipinski definition) is 4. The first-order chi connectivity index (χ1) is 13.5. The molecule has 8 heteroatoms. The highest BCUT2D eigenvalue weighted by Gasteiger charge is 2.09. The highest BCUT2D eigenvalue weighted by molar-refractivity contribution is 5.94. The van der Waals surface area contributed by atoms with E-state index in [0.717, 1.165) is 12.0 Å². The third-order valence-electron chi connectivity index (χ3n) is 3.96. The largest absolute Gasteiger partial charge is 0.459 e. The summed E-state index contributed by atoms with van der Waals surface area (Å²) in [7, 11) is 5.17. The number of guanidine groups is 1. The van der Waals surface area contributed by atoms with Crippen LogP contribution in [0.15, 0.2) is 52.1 Å². The van der Waals surface area contributed by atoms with E-state index < -0.39 is 0 Å². The molecule has 0 aliphatic carbocycles. The van der Waals surface area contributed by atoms with Gasteiger partial charge in [-0.3, -0.25) is 14.6 Å². The van der Waals surface area contributed by atoms with Crippen molar-refractivity contribution in [2.45, 2.75) is 6.42 Å². The van der Waals surface area contributed by atoms with Crippen molar-refractivity contribution in [3.63, 3.8) is 0 Å². The monoisotopic (exact) mass is 385 g/mol. The number of hydrogen-bond donors (Lipinski definition) is 3. The van der Waals surface area contributed by atoms with E-state index in [0.29, 0.717) is 31.2 Å². The number of amides is 2. The van der Waals surface area contributed by atoms with E-state index in [-0.39, 0.29) is 17.6 Å². The molecule has 0 unspecified atom stereocenters. The summed E-state index contributed by atoms with van der Waals surface area (Å²) in [6.07, 6.45) is 2.22. The summed E-state index contributed by atoms with van der Waals surface area (Å²) in [4.78, 5) is 29.5. The van der Waals surface area contributed by atoms with Crippen LogP contribution in [0.25, 0.3) is 0 Å². The van der Waals surface area contributed by atoms with Crippen LogP contribution >= 0.6 is 0 Å². The molecule has 0 aliphatic heterocycles. The molecule has 0 bridgehead atoms. The zero-order chi connectivity index (χ0) is 20.4. The molecule has 8 nitrogen and oxygen atoms in total. The average molecular weight is 385 g/mol. The zero-order valence-corrected chi connectivity index (χ0v) is 16.5. The molecule has 28 heavy (non-hydrogen) atoms. The molecule has 3 N–H and O–H groups in total. The number of carbonyl (C=O) groups is 2. The van der Waals surface area contributed by atoms with E-state index in [4.69, 9.17) is 4.42 Å². The van der Waals surface area contributed by atoms with Crippen molar-refractivity contribution in [2.75, 3.05) is 40.8 Å². The van der Waals surface area contributed by atoms with Crippen molar-refractivity contribution in [1.29, 1.82) is 0 Å². The SMILES string of the molecule is CN=C(NCCNC(=O)c1ccco1)NCCc1cccc(C(=O)N(C)C)c1. The molecule has 1 aromatic heterocycles. The first-order valence-corrected chi connectivity index (χ1v) is 9.08. The highest BCUT2D eigenvalue weighted by Crippen LogP contribution is 2.07. The number of nitrogens with zero attached hydrogens (tertiary/aromatic N) is 2. The Labute approximate surface area is 165 Å². The van der Waals surface area contributed by atoms with E-state index in [1.54, 1.807) is 38.2 Å². The van der Waals surface area contributed by atoms with Gasteiger partial charge in [-0.25, -0.2) is 0 Å². The second-order valence-corrected chi connectivity index (χ2v) is 6.31. The molecule has 0 spiro atoms. The third kappa shape index (κ3) is 6.46. The summed E-state index contributed by atoms with van der Waals surface area (Å²) < 4.78 is 5.03. The van der Waals surface area contributed by atoms with Crippen LogP contribution in [0, 0.1) is 0 Å². The lowest BCUT2D eigenvalue weighted by Gasteiger charge is -2.13. The topological polar surface area (TPSA) is 99.0 Å². The molecule has 2 aromatic rings. The second kappa shape index (κ2) is 10.8. The van der Waals surface area contributed by atoms with E-state index >= 15 is 0 Å². The van der Waals surface area contributed by atoms with Crippen LogP contribution in [0.2, 0.25) is 0 Å². The average Bonchev–Trinajstić information content (AvgIpc) is 3.24. The van der Waals surface area contributed by atoms with Crippen molar-refractivity contribution in [3.8, 4) is 0 Å². The van der Waals surface area contributed by atoms with Crippen LogP contribution < -0.4 is 16.0 Å². The maximum atomic E-state index is 12.0. The molecule has 0 atom stereocenters. The maximum absolute atomic E-state index is 12.0. The lowest BCUT2D eigenvalue weighted by atomic mass is 10.1. The van der Waals surface area contributed by atoms with Gasteiger partial charge in [0, 0.05) is 46.3 Å². The number of carbonyl (C=O) groups excluding carboxylic acids is 2. The minimum Gasteiger partial charge on any atom is -0.459 e. The van der Waals surface area contributed by atoms with E-state index in [9.17, 15) is 9.59 Å². The van der Waals surface area contributed by atoms with Gasteiger partial charge in [-0.05, 0) is 36.2 Å². The number of furan rings is 1. The van der Waals surface area contributed by atoms with Crippen LogP contribution in [0.5, 0.6) is 0 Å². The van der Waals surface area contributed by atoms with Gasteiger partial charge in [0.15, 0.2) is 11.7 Å². The summed E-state index contributed by atoms with van der Waals surface area (Å²) in [5.41, 5.74) is 1.75. The molecule has 1 heterocycles. The predicted octanol–water partition coefficient (Wildman–Crippen LogP) is 1.12. The minimum absolute atomic E-state index is 0.0103. The first kappa shape index (κ1) is 21.0. The Morgan fingerprint density at radius 2 is 1.79 bits per heavy atom. The number of rotatable bonds is 8. The normalized spacial score (nSPS) is 11.0. The Kier molecular flexibility index (Phi) is 8.08. The molecule has 0 aliphatic rings. The molecule has 0 radical (unpaired) electrons. The molecule has 0 fully saturated rings. The van der Waals surface area contributed by atoms with E-state index in [2.05, 4.69) is 20.9 Å². The summed E-state index contributed by atoms with van der Waals surface area (Å²) in [5, 5.41) is 9.11. The molecular formula is C20H27N5O3. The van der Waals surface area contributed by atoms with Crippen LogP contribution in [0.4, 0.5) is 0 Å². The molecule has 0 saturated carbocycles. The van der Waals surface area contributed by atoms with Crippen LogP contribution in [0.1, 0.15) is 26.5 Å². The third-order valence-corrected chi connectivity index (χ3v) is 3.96. The molecule has 150 valence electrons. The first-order valence-electron chi connectivity index (χ1n) is 9.08. The summed E-state index contributed by atoms with van der Waals surface area (Å²) in [6, 6.07) is 10.9. The molecule has 1 aromatic carbocycles. The molecule has 2 rings (SSSR count). The Morgan fingerprint density at radius 1 is 1.04 bits per heavy atom. The summed E-state index contributed by atoms with van der Waals surface area (Å²) >= 11 is 0. The van der Waals surface area contributed by atoms with Crippen molar-refractivity contribution < 1.29 is 14.0 Å². The van der Waals surface area contributed by atoms with Crippen molar-refractivity contribution in [3.05, 3.63) is 59.5 Å². The van der Waals surface area contributed by atoms with Crippen LogP contribution in [0.3, 0.4) is 0 Å². The quantitative estimate of drug-likeness (QED) is 0.359. The van der Waals surface area contributed by atoms with Gasteiger partial charge in [-0.2, -0.15) is 0 Å².